The topological polar surface area (TPSA) is 68.9 Å². The Kier molecular flexibility index (Phi) is 2.96. The summed E-state index contributed by atoms with van der Waals surface area (Å²) in [4.78, 5) is 18.9. The number of hydrogen-bond donors (Lipinski definition) is 0. The number of pyridine rings is 1. The van der Waals surface area contributed by atoms with Gasteiger partial charge in [0.15, 0.2) is 0 Å². The lowest BCUT2D eigenvalue weighted by atomic mass is 10.3. The highest BCUT2D eigenvalue weighted by molar-refractivity contribution is 6.32. The molecule has 0 bridgehead atoms. The zero-order valence-corrected chi connectivity index (χ0v) is 9.23. The van der Waals surface area contributed by atoms with Gasteiger partial charge in [-0.2, -0.15) is 4.98 Å². The van der Waals surface area contributed by atoms with Crippen LogP contribution in [0.25, 0.3) is 11.5 Å². The number of carbonyl (C=O) groups is 1. The Hall–Kier alpha value is -1.75. The molecule has 5 nitrogen and oxygen atoms in total. The van der Waals surface area contributed by atoms with E-state index in [1.54, 1.807) is 18.3 Å². The van der Waals surface area contributed by atoms with Gasteiger partial charge < -0.3 is 4.52 Å². The van der Waals surface area contributed by atoms with Gasteiger partial charge in [-0.05, 0) is 19.1 Å². The minimum atomic E-state index is -0.0395. The molecule has 16 heavy (non-hydrogen) atoms. The van der Waals surface area contributed by atoms with Gasteiger partial charge in [0.05, 0.1) is 11.4 Å². The maximum Gasteiger partial charge on any atom is 0.234 e. The van der Waals surface area contributed by atoms with E-state index in [1.165, 1.54) is 6.92 Å². The van der Waals surface area contributed by atoms with Crippen LogP contribution in [0.4, 0.5) is 0 Å². The molecular weight excluding hydrogens is 230 g/mol. The summed E-state index contributed by atoms with van der Waals surface area (Å²) in [7, 11) is 0. The zero-order valence-electron chi connectivity index (χ0n) is 8.48. The molecule has 0 aliphatic heterocycles. The van der Waals surface area contributed by atoms with Crippen molar-refractivity contribution >= 4 is 17.4 Å². The van der Waals surface area contributed by atoms with Crippen molar-refractivity contribution in [3.63, 3.8) is 0 Å². The van der Waals surface area contributed by atoms with E-state index in [2.05, 4.69) is 15.1 Å². The van der Waals surface area contributed by atoms with E-state index < -0.39 is 0 Å². The van der Waals surface area contributed by atoms with Crippen LogP contribution in [0.15, 0.2) is 22.9 Å². The Bertz CT molecular complexity index is 524. The quantitative estimate of drug-likeness (QED) is 0.816. The highest BCUT2D eigenvalue weighted by Gasteiger charge is 2.13. The van der Waals surface area contributed by atoms with Crippen molar-refractivity contribution in [2.45, 2.75) is 13.3 Å². The van der Waals surface area contributed by atoms with Crippen LogP contribution < -0.4 is 0 Å². The van der Waals surface area contributed by atoms with Crippen LogP contribution in [-0.4, -0.2) is 20.9 Å². The smallest absolute Gasteiger partial charge is 0.234 e. The highest BCUT2D eigenvalue weighted by atomic mass is 35.5. The Labute approximate surface area is 96.5 Å². The number of aromatic nitrogens is 3. The van der Waals surface area contributed by atoms with Gasteiger partial charge in [-0.3, -0.25) is 9.78 Å². The summed E-state index contributed by atoms with van der Waals surface area (Å²) in [6.45, 7) is 1.46. The molecule has 2 aromatic rings. The number of Topliss-reactive ketones (excluding diaryl/α,β-unsaturated/α-hetero) is 1. The Balaban J connectivity index is 2.32. The molecule has 0 atom stereocenters. The average Bonchev–Trinajstić information content (AvgIpc) is 2.66. The van der Waals surface area contributed by atoms with Gasteiger partial charge in [0.2, 0.25) is 11.7 Å². The van der Waals surface area contributed by atoms with Gasteiger partial charge in [-0.15, -0.1) is 0 Å². The first kappa shape index (κ1) is 10.8. The fraction of sp³-hybridized carbons (Fsp3) is 0.200. The van der Waals surface area contributed by atoms with Crippen molar-refractivity contribution in [3.8, 4) is 11.5 Å². The van der Waals surface area contributed by atoms with Crippen molar-refractivity contribution in [2.75, 3.05) is 0 Å². The summed E-state index contributed by atoms with van der Waals surface area (Å²) in [6, 6.07) is 3.40. The molecule has 2 heterocycles. The van der Waals surface area contributed by atoms with Crippen LogP contribution in [-0.2, 0) is 11.2 Å². The number of hydrogen-bond acceptors (Lipinski definition) is 5. The monoisotopic (exact) mass is 237 g/mol. The molecule has 0 unspecified atom stereocenters. The predicted octanol–water partition coefficient (Wildman–Crippen LogP) is 1.92. The Morgan fingerprint density at radius 3 is 3.06 bits per heavy atom. The molecular formula is C10H8ClN3O2. The first-order chi connectivity index (χ1) is 7.66. The first-order valence-corrected chi connectivity index (χ1v) is 4.97. The molecule has 0 aromatic carbocycles. The summed E-state index contributed by atoms with van der Waals surface area (Å²) in [5, 5.41) is 4.16. The van der Waals surface area contributed by atoms with E-state index >= 15 is 0 Å². The van der Waals surface area contributed by atoms with Crippen LogP contribution in [0.2, 0.25) is 5.02 Å². The fourth-order valence-corrected chi connectivity index (χ4v) is 1.39. The van der Waals surface area contributed by atoms with Crippen molar-refractivity contribution < 1.29 is 9.32 Å². The molecule has 2 aromatic heterocycles. The van der Waals surface area contributed by atoms with E-state index in [1.807, 2.05) is 0 Å². The van der Waals surface area contributed by atoms with Gasteiger partial charge >= 0.3 is 0 Å². The van der Waals surface area contributed by atoms with E-state index in [0.29, 0.717) is 16.5 Å². The number of halogens is 1. The van der Waals surface area contributed by atoms with E-state index in [4.69, 9.17) is 16.1 Å². The predicted molar refractivity (Wildman–Crippen MR) is 56.9 cm³/mol. The van der Waals surface area contributed by atoms with Gasteiger partial charge in [0.25, 0.3) is 0 Å². The van der Waals surface area contributed by atoms with Gasteiger partial charge in [-0.1, -0.05) is 16.8 Å². The maximum absolute atomic E-state index is 10.9. The molecule has 0 saturated heterocycles. The van der Waals surface area contributed by atoms with Crippen molar-refractivity contribution in [1.82, 2.24) is 15.1 Å². The van der Waals surface area contributed by atoms with Crippen LogP contribution in [0, 0.1) is 0 Å². The number of ketones is 1. The maximum atomic E-state index is 10.9. The fourth-order valence-electron chi connectivity index (χ4n) is 1.19. The second-order valence-corrected chi connectivity index (χ2v) is 3.63. The zero-order chi connectivity index (χ0) is 11.5. The lowest BCUT2D eigenvalue weighted by Gasteiger charge is -1.94. The normalized spacial score (nSPS) is 10.4. The highest BCUT2D eigenvalue weighted by Crippen LogP contribution is 2.22. The first-order valence-electron chi connectivity index (χ1n) is 4.59. The molecule has 0 spiro atoms. The molecule has 2 rings (SSSR count). The van der Waals surface area contributed by atoms with E-state index in [-0.39, 0.29) is 18.1 Å². The standard InChI is InChI=1S/C10H8ClN3O2/c1-6(15)5-8-13-10(14-16-8)9-7(11)3-2-4-12-9/h2-4H,5H2,1H3. The second kappa shape index (κ2) is 4.40. The third-order valence-electron chi connectivity index (χ3n) is 1.84. The summed E-state index contributed by atoms with van der Waals surface area (Å²) in [6.07, 6.45) is 1.71. The van der Waals surface area contributed by atoms with E-state index in [9.17, 15) is 4.79 Å². The summed E-state index contributed by atoms with van der Waals surface area (Å²) in [5.74, 6) is 0.522. The second-order valence-electron chi connectivity index (χ2n) is 3.22. The van der Waals surface area contributed by atoms with Crippen molar-refractivity contribution in [1.29, 1.82) is 0 Å². The third kappa shape index (κ3) is 2.25. The molecule has 0 N–H and O–H groups in total. The van der Waals surface area contributed by atoms with E-state index in [0.717, 1.165) is 0 Å². The molecule has 6 heteroatoms. The van der Waals surface area contributed by atoms with Crippen LogP contribution in [0.1, 0.15) is 12.8 Å². The van der Waals surface area contributed by atoms with Gasteiger partial charge in [-0.25, -0.2) is 0 Å². The molecule has 0 fully saturated rings. The lowest BCUT2D eigenvalue weighted by molar-refractivity contribution is -0.116. The summed E-state index contributed by atoms with van der Waals surface area (Å²) >= 11 is 5.92. The van der Waals surface area contributed by atoms with Crippen LogP contribution in [0.5, 0.6) is 0 Å². The van der Waals surface area contributed by atoms with Crippen molar-refractivity contribution in [2.24, 2.45) is 0 Å². The molecule has 0 radical (unpaired) electrons. The summed E-state index contributed by atoms with van der Waals surface area (Å²) in [5.41, 5.74) is 0.447. The lowest BCUT2D eigenvalue weighted by Crippen LogP contribution is -1.96. The molecule has 0 aliphatic carbocycles. The average molecular weight is 238 g/mol. The Morgan fingerprint density at radius 2 is 2.38 bits per heavy atom. The van der Waals surface area contributed by atoms with Crippen LogP contribution in [0.3, 0.4) is 0 Å². The summed E-state index contributed by atoms with van der Waals surface area (Å²) < 4.78 is 4.90. The number of nitrogens with zero attached hydrogens (tertiary/aromatic N) is 3. The third-order valence-corrected chi connectivity index (χ3v) is 2.14. The number of carbonyl (C=O) groups excluding carboxylic acids is 1. The Morgan fingerprint density at radius 1 is 1.56 bits per heavy atom. The van der Waals surface area contributed by atoms with Gasteiger partial charge in [0, 0.05) is 6.20 Å². The van der Waals surface area contributed by atoms with Crippen molar-refractivity contribution in [3.05, 3.63) is 29.2 Å². The largest absolute Gasteiger partial charge is 0.338 e. The minimum absolute atomic E-state index is 0.0395. The SMILES string of the molecule is CC(=O)Cc1nc(-c2ncccc2Cl)no1. The minimum Gasteiger partial charge on any atom is -0.338 e. The molecule has 0 aliphatic rings. The molecule has 0 saturated carbocycles. The van der Waals surface area contributed by atoms with Gasteiger partial charge in [0.1, 0.15) is 11.5 Å². The molecule has 0 amide bonds. The van der Waals surface area contributed by atoms with Crippen LogP contribution >= 0.6 is 11.6 Å². The number of rotatable bonds is 3. The molecule has 82 valence electrons.